The van der Waals surface area contributed by atoms with Crippen molar-refractivity contribution >= 4 is 17.7 Å². The molecule has 0 radical (unpaired) electrons. The van der Waals surface area contributed by atoms with Crippen molar-refractivity contribution in [2.75, 3.05) is 18.4 Å². The largest absolute Gasteiger partial charge is 0.357 e. The summed E-state index contributed by atoms with van der Waals surface area (Å²) in [4.78, 5) is 20.8. The summed E-state index contributed by atoms with van der Waals surface area (Å²) in [5.41, 5.74) is 3.47. The number of aromatic nitrogens is 1. The molecule has 0 fully saturated rings. The molecule has 0 aliphatic rings. The fraction of sp³-hybridized carbons (Fsp3) is 0.350. The maximum absolute atomic E-state index is 12.0. The standard InChI is InChI=1S/C20H27N5O/c1-4-21-20(24-14-17-8-6-5-7-16(17)3)22-12-11-19(26)25-18-10-9-15(2)13-23-18/h5-10,13H,4,11-12,14H2,1-3H3,(H2,21,22,24)(H,23,25,26). The lowest BCUT2D eigenvalue weighted by atomic mass is 10.1. The Morgan fingerprint density at radius 1 is 1.12 bits per heavy atom. The van der Waals surface area contributed by atoms with Crippen LogP contribution in [0.3, 0.4) is 0 Å². The van der Waals surface area contributed by atoms with Crippen molar-refractivity contribution in [3.8, 4) is 0 Å². The van der Waals surface area contributed by atoms with E-state index in [1.54, 1.807) is 12.3 Å². The predicted octanol–water partition coefficient (Wildman–Crippen LogP) is 2.78. The highest BCUT2D eigenvalue weighted by Crippen LogP contribution is 2.08. The Bertz CT molecular complexity index is 740. The Balaban J connectivity index is 1.82. The molecule has 0 unspecified atom stereocenters. The third kappa shape index (κ3) is 6.55. The van der Waals surface area contributed by atoms with Gasteiger partial charge in [-0.05, 0) is 43.5 Å². The Morgan fingerprint density at radius 2 is 1.92 bits per heavy atom. The molecule has 0 atom stereocenters. The fourth-order valence-corrected chi connectivity index (χ4v) is 2.33. The third-order valence-electron chi connectivity index (χ3n) is 3.84. The fourth-order valence-electron chi connectivity index (χ4n) is 2.33. The van der Waals surface area contributed by atoms with Crippen molar-refractivity contribution in [2.24, 2.45) is 4.99 Å². The van der Waals surface area contributed by atoms with Crippen LogP contribution in [-0.4, -0.2) is 29.9 Å². The zero-order valence-electron chi connectivity index (χ0n) is 15.7. The van der Waals surface area contributed by atoms with Crippen LogP contribution in [0.5, 0.6) is 0 Å². The van der Waals surface area contributed by atoms with E-state index in [0.717, 1.165) is 12.1 Å². The van der Waals surface area contributed by atoms with E-state index in [1.807, 2.05) is 32.0 Å². The number of amides is 1. The van der Waals surface area contributed by atoms with E-state index in [2.05, 4.69) is 45.0 Å². The Labute approximate surface area is 155 Å². The molecule has 2 aromatic rings. The predicted molar refractivity (Wildman–Crippen MR) is 106 cm³/mol. The molecule has 26 heavy (non-hydrogen) atoms. The van der Waals surface area contributed by atoms with Gasteiger partial charge in [-0.1, -0.05) is 30.3 Å². The molecule has 0 bridgehead atoms. The first kappa shape index (κ1) is 19.4. The minimum atomic E-state index is -0.0800. The number of carbonyl (C=O) groups is 1. The summed E-state index contributed by atoms with van der Waals surface area (Å²) < 4.78 is 0. The minimum Gasteiger partial charge on any atom is -0.357 e. The van der Waals surface area contributed by atoms with Crippen LogP contribution in [0.25, 0.3) is 0 Å². The second-order valence-electron chi connectivity index (χ2n) is 6.07. The smallest absolute Gasteiger partial charge is 0.227 e. The SMILES string of the molecule is CCNC(=NCc1ccccc1C)NCCC(=O)Nc1ccc(C)cn1. The van der Waals surface area contributed by atoms with Crippen LogP contribution >= 0.6 is 0 Å². The van der Waals surface area contributed by atoms with Gasteiger partial charge in [-0.2, -0.15) is 0 Å². The minimum absolute atomic E-state index is 0.0800. The average molecular weight is 353 g/mol. The molecular formula is C20H27N5O. The number of hydrogen-bond acceptors (Lipinski definition) is 3. The van der Waals surface area contributed by atoms with Crippen LogP contribution in [0.15, 0.2) is 47.6 Å². The lowest BCUT2D eigenvalue weighted by Crippen LogP contribution is -2.38. The summed E-state index contributed by atoms with van der Waals surface area (Å²) in [5.74, 6) is 1.20. The Kier molecular flexibility index (Phi) is 7.61. The molecule has 1 heterocycles. The molecule has 3 N–H and O–H groups in total. The molecule has 6 heteroatoms. The Morgan fingerprint density at radius 3 is 2.62 bits per heavy atom. The van der Waals surface area contributed by atoms with Crippen molar-refractivity contribution in [3.05, 3.63) is 59.3 Å². The van der Waals surface area contributed by atoms with Gasteiger partial charge in [0.2, 0.25) is 5.91 Å². The number of guanidine groups is 1. The van der Waals surface area contributed by atoms with Crippen molar-refractivity contribution in [1.29, 1.82) is 0 Å². The second kappa shape index (κ2) is 10.2. The van der Waals surface area contributed by atoms with E-state index in [4.69, 9.17) is 0 Å². The summed E-state index contributed by atoms with van der Waals surface area (Å²) in [6.07, 6.45) is 2.07. The van der Waals surface area contributed by atoms with Crippen LogP contribution in [0.1, 0.15) is 30.0 Å². The molecular weight excluding hydrogens is 326 g/mol. The van der Waals surface area contributed by atoms with E-state index in [9.17, 15) is 4.79 Å². The van der Waals surface area contributed by atoms with Crippen molar-refractivity contribution in [2.45, 2.75) is 33.7 Å². The van der Waals surface area contributed by atoms with E-state index in [-0.39, 0.29) is 5.91 Å². The first-order valence-electron chi connectivity index (χ1n) is 8.87. The molecule has 0 saturated carbocycles. The zero-order valence-corrected chi connectivity index (χ0v) is 15.7. The molecule has 2 rings (SSSR count). The van der Waals surface area contributed by atoms with Crippen LogP contribution in [0, 0.1) is 13.8 Å². The van der Waals surface area contributed by atoms with Crippen molar-refractivity contribution in [1.82, 2.24) is 15.6 Å². The number of aliphatic imine (C=N–C) groups is 1. The van der Waals surface area contributed by atoms with Gasteiger partial charge in [0.05, 0.1) is 6.54 Å². The molecule has 0 saturated heterocycles. The number of benzene rings is 1. The molecule has 1 aromatic carbocycles. The van der Waals surface area contributed by atoms with Gasteiger partial charge in [-0.25, -0.2) is 9.98 Å². The van der Waals surface area contributed by atoms with E-state index < -0.39 is 0 Å². The van der Waals surface area contributed by atoms with E-state index in [1.165, 1.54) is 11.1 Å². The lowest BCUT2D eigenvalue weighted by Gasteiger charge is -2.12. The molecule has 1 amide bonds. The van der Waals surface area contributed by atoms with Gasteiger partial charge in [0.15, 0.2) is 5.96 Å². The quantitative estimate of drug-likeness (QED) is 0.528. The number of rotatable bonds is 7. The van der Waals surface area contributed by atoms with Gasteiger partial charge in [0.25, 0.3) is 0 Å². The Hall–Kier alpha value is -2.89. The third-order valence-corrected chi connectivity index (χ3v) is 3.84. The first-order valence-corrected chi connectivity index (χ1v) is 8.87. The molecule has 0 aliphatic carbocycles. The van der Waals surface area contributed by atoms with Gasteiger partial charge < -0.3 is 16.0 Å². The van der Waals surface area contributed by atoms with Crippen LogP contribution in [-0.2, 0) is 11.3 Å². The van der Waals surface area contributed by atoms with Crippen molar-refractivity contribution < 1.29 is 4.79 Å². The van der Waals surface area contributed by atoms with E-state index in [0.29, 0.717) is 31.3 Å². The number of nitrogens with zero attached hydrogens (tertiary/aromatic N) is 2. The monoisotopic (exact) mass is 353 g/mol. The number of aryl methyl sites for hydroxylation is 2. The maximum Gasteiger partial charge on any atom is 0.227 e. The van der Waals surface area contributed by atoms with Gasteiger partial charge in [-0.3, -0.25) is 4.79 Å². The number of nitrogens with one attached hydrogen (secondary N) is 3. The average Bonchev–Trinajstić information content (AvgIpc) is 2.63. The summed E-state index contributed by atoms with van der Waals surface area (Å²) in [7, 11) is 0. The van der Waals surface area contributed by atoms with Crippen LogP contribution in [0.4, 0.5) is 5.82 Å². The maximum atomic E-state index is 12.0. The van der Waals surface area contributed by atoms with Crippen molar-refractivity contribution in [3.63, 3.8) is 0 Å². The highest BCUT2D eigenvalue weighted by molar-refractivity contribution is 5.90. The van der Waals surface area contributed by atoms with Gasteiger partial charge in [0.1, 0.15) is 5.82 Å². The van der Waals surface area contributed by atoms with Gasteiger partial charge >= 0.3 is 0 Å². The molecule has 0 aliphatic heterocycles. The summed E-state index contributed by atoms with van der Waals surface area (Å²) in [6, 6.07) is 11.9. The number of pyridine rings is 1. The van der Waals surface area contributed by atoms with E-state index >= 15 is 0 Å². The van der Waals surface area contributed by atoms with Gasteiger partial charge in [-0.15, -0.1) is 0 Å². The summed E-state index contributed by atoms with van der Waals surface area (Å²) >= 11 is 0. The second-order valence-corrected chi connectivity index (χ2v) is 6.07. The number of hydrogen-bond donors (Lipinski definition) is 3. The topological polar surface area (TPSA) is 78.4 Å². The highest BCUT2D eigenvalue weighted by Gasteiger charge is 2.04. The molecule has 1 aromatic heterocycles. The molecule has 0 spiro atoms. The number of carbonyl (C=O) groups excluding carboxylic acids is 1. The van der Waals surface area contributed by atoms with Gasteiger partial charge in [0, 0.05) is 25.7 Å². The molecule has 138 valence electrons. The zero-order chi connectivity index (χ0) is 18.8. The highest BCUT2D eigenvalue weighted by atomic mass is 16.1. The lowest BCUT2D eigenvalue weighted by molar-refractivity contribution is -0.116. The summed E-state index contributed by atoms with van der Waals surface area (Å²) in [6.45, 7) is 7.91. The normalized spacial score (nSPS) is 11.1. The molecule has 6 nitrogen and oxygen atoms in total. The first-order chi connectivity index (χ1) is 12.6. The number of anilines is 1. The van der Waals surface area contributed by atoms with Crippen LogP contribution < -0.4 is 16.0 Å². The van der Waals surface area contributed by atoms with Crippen LogP contribution in [0.2, 0.25) is 0 Å². The summed E-state index contributed by atoms with van der Waals surface area (Å²) in [5, 5.41) is 9.18.